The maximum absolute atomic E-state index is 9.63. The molecule has 1 aromatic heterocycles. The van der Waals surface area contributed by atoms with E-state index in [2.05, 4.69) is 41.4 Å². The van der Waals surface area contributed by atoms with Crippen molar-refractivity contribution in [1.82, 2.24) is 9.55 Å². The summed E-state index contributed by atoms with van der Waals surface area (Å²) in [6.07, 6.45) is 3.68. The minimum absolute atomic E-state index is 0.482. The van der Waals surface area contributed by atoms with Gasteiger partial charge >= 0.3 is 0 Å². The van der Waals surface area contributed by atoms with Crippen molar-refractivity contribution in [3.63, 3.8) is 0 Å². The number of rotatable bonds is 6. The molecule has 0 aliphatic heterocycles. The van der Waals surface area contributed by atoms with E-state index in [1.54, 1.807) is 6.33 Å². The second-order valence-electron chi connectivity index (χ2n) is 7.64. The van der Waals surface area contributed by atoms with Crippen LogP contribution in [-0.4, -0.2) is 9.55 Å². The summed E-state index contributed by atoms with van der Waals surface area (Å²) in [6.45, 7) is 0.990. The normalized spacial score (nSPS) is 11.5. The number of allylic oxidation sites excluding steroid dienone is 1. The average molecular weight is 415 g/mol. The molecule has 4 heteroatoms. The minimum atomic E-state index is 0.482. The molecule has 0 spiro atoms. The van der Waals surface area contributed by atoms with Crippen LogP contribution in [0.4, 0.5) is 0 Å². The Hall–Kier alpha value is -4.36. The molecule has 0 radical (unpaired) electrons. The second-order valence-corrected chi connectivity index (χ2v) is 7.64. The van der Waals surface area contributed by atoms with Crippen molar-refractivity contribution in [1.29, 1.82) is 5.26 Å². The molecule has 0 bridgehead atoms. The first-order valence-electron chi connectivity index (χ1n) is 10.5. The van der Waals surface area contributed by atoms with Crippen molar-refractivity contribution in [2.75, 3.05) is 0 Å². The molecule has 0 N–H and O–H groups in total. The Balaban J connectivity index is 1.29. The van der Waals surface area contributed by atoms with Gasteiger partial charge in [0, 0.05) is 5.57 Å². The Morgan fingerprint density at radius 1 is 0.906 bits per heavy atom. The fourth-order valence-corrected chi connectivity index (χ4v) is 3.87. The number of ether oxygens (including phenoxy) is 1. The molecule has 0 saturated carbocycles. The van der Waals surface area contributed by atoms with Gasteiger partial charge in [0.1, 0.15) is 12.4 Å². The molecule has 0 unspecified atom stereocenters. The van der Waals surface area contributed by atoms with Gasteiger partial charge in [0.15, 0.2) is 0 Å². The first kappa shape index (κ1) is 19.6. The van der Waals surface area contributed by atoms with E-state index < -0.39 is 0 Å². The van der Waals surface area contributed by atoms with Gasteiger partial charge in [-0.25, -0.2) is 4.98 Å². The molecule has 154 valence electrons. The number of fused-ring (bicyclic) bond motifs is 2. The van der Waals surface area contributed by atoms with Crippen LogP contribution in [-0.2, 0) is 13.2 Å². The molecule has 5 rings (SSSR count). The number of hydrogen-bond donors (Lipinski definition) is 0. The summed E-state index contributed by atoms with van der Waals surface area (Å²) >= 11 is 0. The summed E-state index contributed by atoms with van der Waals surface area (Å²) in [5.41, 5.74) is 4.73. The predicted molar refractivity (Wildman–Crippen MR) is 128 cm³/mol. The van der Waals surface area contributed by atoms with Crippen molar-refractivity contribution < 1.29 is 4.74 Å². The summed E-state index contributed by atoms with van der Waals surface area (Å²) in [5, 5.41) is 12.1. The number of benzene rings is 4. The van der Waals surface area contributed by atoms with Gasteiger partial charge < -0.3 is 9.30 Å². The Bertz CT molecular complexity index is 1450. The number of hydrogen-bond acceptors (Lipinski definition) is 3. The molecule has 0 aliphatic carbocycles. The maximum Gasteiger partial charge on any atom is 0.119 e. The lowest BCUT2D eigenvalue weighted by atomic mass is 10.1. The van der Waals surface area contributed by atoms with Crippen molar-refractivity contribution >= 4 is 27.9 Å². The van der Waals surface area contributed by atoms with E-state index in [0.717, 1.165) is 27.9 Å². The number of aromatic nitrogens is 2. The quantitative estimate of drug-likeness (QED) is 0.303. The van der Waals surface area contributed by atoms with Crippen LogP contribution >= 0.6 is 0 Å². The zero-order valence-electron chi connectivity index (χ0n) is 17.5. The lowest BCUT2D eigenvalue weighted by molar-refractivity contribution is 0.307. The number of para-hydroxylation sites is 2. The van der Waals surface area contributed by atoms with Crippen LogP contribution in [0, 0.1) is 11.3 Å². The van der Waals surface area contributed by atoms with Gasteiger partial charge in [-0.3, -0.25) is 0 Å². The summed E-state index contributed by atoms with van der Waals surface area (Å²) in [7, 11) is 0. The standard InChI is InChI=1S/C28H21N3O/c29-17-22(18-31-20-30-27-10-3-4-11-28(27)31)16-21-12-14-25(15-13-21)32-19-24-8-5-7-23-6-1-2-9-26(23)24/h1-16,20H,18-19H2/b22-16-. The molecule has 0 aliphatic rings. The van der Waals surface area contributed by atoms with Crippen molar-refractivity contribution in [2.45, 2.75) is 13.2 Å². The third-order valence-corrected chi connectivity index (χ3v) is 5.51. The van der Waals surface area contributed by atoms with Crippen LogP contribution in [0.3, 0.4) is 0 Å². The average Bonchev–Trinajstić information content (AvgIpc) is 3.26. The third-order valence-electron chi connectivity index (χ3n) is 5.51. The lowest BCUT2D eigenvalue weighted by Crippen LogP contribution is -1.98. The molecular weight excluding hydrogens is 394 g/mol. The third kappa shape index (κ3) is 4.10. The fourth-order valence-electron chi connectivity index (χ4n) is 3.87. The second kappa shape index (κ2) is 8.79. The van der Waals surface area contributed by atoms with Crippen LogP contribution in [0.2, 0.25) is 0 Å². The molecule has 0 saturated heterocycles. The first-order valence-corrected chi connectivity index (χ1v) is 10.5. The SMILES string of the molecule is N#C/C(=C/c1ccc(OCc2cccc3ccccc23)cc1)Cn1cnc2ccccc21. The van der Waals surface area contributed by atoms with E-state index in [0.29, 0.717) is 18.7 Å². The smallest absolute Gasteiger partial charge is 0.119 e. The zero-order chi connectivity index (χ0) is 21.8. The molecular formula is C28H21N3O. The van der Waals surface area contributed by atoms with E-state index in [-0.39, 0.29) is 0 Å². The van der Waals surface area contributed by atoms with Gasteiger partial charge in [0.2, 0.25) is 0 Å². The van der Waals surface area contributed by atoms with Crippen LogP contribution in [0.5, 0.6) is 5.75 Å². The number of nitriles is 1. The van der Waals surface area contributed by atoms with Gasteiger partial charge in [0.25, 0.3) is 0 Å². The van der Waals surface area contributed by atoms with Crippen molar-refractivity contribution in [2.24, 2.45) is 0 Å². The van der Waals surface area contributed by atoms with Crippen LogP contribution in [0.1, 0.15) is 11.1 Å². The summed E-state index contributed by atoms with van der Waals surface area (Å²) in [5.74, 6) is 0.800. The predicted octanol–water partition coefficient (Wildman–Crippen LogP) is 6.38. The number of imidazole rings is 1. The van der Waals surface area contributed by atoms with E-state index in [4.69, 9.17) is 4.74 Å². The zero-order valence-corrected chi connectivity index (χ0v) is 17.5. The first-order chi connectivity index (χ1) is 15.8. The van der Waals surface area contributed by atoms with Crippen LogP contribution in [0.25, 0.3) is 27.9 Å². The molecule has 32 heavy (non-hydrogen) atoms. The van der Waals surface area contributed by atoms with Gasteiger partial charge in [-0.15, -0.1) is 0 Å². The van der Waals surface area contributed by atoms with E-state index in [9.17, 15) is 5.26 Å². The topological polar surface area (TPSA) is 50.8 Å². The molecule has 0 amide bonds. The van der Waals surface area contributed by atoms with Gasteiger partial charge in [-0.1, -0.05) is 66.7 Å². The Morgan fingerprint density at radius 2 is 1.69 bits per heavy atom. The molecule has 4 aromatic carbocycles. The molecule has 0 fully saturated rings. The highest BCUT2D eigenvalue weighted by Gasteiger charge is 2.05. The van der Waals surface area contributed by atoms with Crippen molar-refractivity contribution in [3.8, 4) is 11.8 Å². The minimum Gasteiger partial charge on any atom is -0.489 e. The highest BCUT2D eigenvalue weighted by molar-refractivity contribution is 5.85. The van der Waals surface area contributed by atoms with Crippen LogP contribution < -0.4 is 4.74 Å². The summed E-state index contributed by atoms with van der Waals surface area (Å²) in [6, 6.07) is 32.7. The Kier molecular flexibility index (Phi) is 5.38. The monoisotopic (exact) mass is 415 g/mol. The van der Waals surface area contributed by atoms with Crippen LogP contribution in [0.15, 0.2) is 103 Å². The van der Waals surface area contributed by atoms with Crippen molar-refractivity contribution in [3.05, 3.63) is 114 Å². The molecule has 0 atom stereocenters. The molecule has 1 heterocycles. The Labute approximate surface area is 186 Å². The molecule has 4 nitrogen and oxygen atoms in total. The summed E-state index contributed by atoms with van der Waals surface area (Å²) in [4.78, 5) is 4.40. The highest BCUT2D eigenvalue weighted by Crippen LogP contribution is 2.22. The van der Waals surface area contributed by atoms with Gasteiger partial charge in [0.05, 0.1) is 30.0 Å². The molecule has 5 aromatic rings. The van der Waals surface area contributed by atoms with Gasteiger partial charge in [-0.05, 0) is 52.2 Å². The van der Waals surface area contributed by atoms with E-state index >= 15 is 0 Å². The van der Waals surface area contributed by atoms with E-state index in [1.165, 1.54) is 10.8 Å². The van der Waals surface area contributed by atoms with Gasteiger partial charge in [-0.2, -0.15) is 5.26 Å². The largest absolute Gasteiger partial charge is 0.489 e. The Morgan fingerprint density at radius 3 is 2.56 bits per heavy atom. The number of nitrogens with zero attached hydrogens (tertiary/aromatic N) is 3. The maximum atomic E-state index is 9.63. The lowest BCUT2D eigenvalue weighted by Gasteiger charge is -2.09. The highest BCUT2D eigenvalue weighted by atomic mass is 16.5. The summed E-state index contributed by atoms with van der Waals surface area (Å²) < 4.78 is 8.01. The van der Waals surface area contributed by atoms with E-state index in [1.807, 2.05) is 71.3 Å². The fraction of sp³-hybridized carbons (Fsp3) is 0.0714.